The molecule has 0 radical (unpaired) electrons. The van der Waals surface area contributed by atoms with Crippen LogP contribution in [-0.4, -0.2) is 24.0 Å². The van der Waals surface area contributed by atoms with Gasteiger partial charge in [-0.15, -0.1) is 0 Å². The number of carbonyl (C=O) groups is 1. The molecule has 3 N–H and O–H groups in total. The summed E-state index contributed by atoms with van der Waals surface area (Å²) in [6.07, 6.45) is -0.541. The highest BCUT2D eigenvalue weighted by atomic mass is 16.6. The van der Waals surface area contributed by atoms with Gasteiger partial charge in [0.15, 0.2) is 11.6 Å². The molecular formula is C15H19N3O4. The number of nitrogens with zero attached hydrogens (tertiary/aromatic N) is 1. The Morgan fingerprint density at radius 3 is 2.59 bits per heavy atom. The first kappa shape index (κ1) is 15.7. The van der Waals surface area contributed by atoms with Crippen LogP contribution in [-0.2, 0) is 4.74 Å². The quantitative estimate of drug-likeness (QED) is 0.902. The molecule has 7 nitrogen and oxygen atoms in total. The molecule has 1 amide bonds. The summed E-state index contributed by atoms with van der Waals surface area (Å²) >= 11 is 0. The van der Waals surface area contributed by atoms with Crippen LogP contribution in [0.15, 0.2) is 28.8 Å². The summed E-state index contributed by atoms with van der Waals surface area (Å²) in [5.74, 6) is 1.29. The van der Waals surface area contributed by atoms with Crippen molar-refractivity contribution in [2.75, 3.05) is 18.2 Å². The Labute approximate surface area is 128 Å². The van der Waals surface area contributed by atoms with E-state index >= 15 is 0 Å². The van der Waals surface area contributed by atoms with E-state index in [4.69, 9.17) is 19.7 Å². The van der Waals surface area contributed by atoms with E-state index in [0.717, 1.165) is 0 Å². The van der Waals surface area contributed by atoms with Crippen LogP contribution in [0.4, 0.5) is 16.3 Å². The van der Waals surface area contributed by atoms with Crippen molar-refractivity contribution >= 4 is 17.6 Å². The summed E-state index contributed by atoms with van der Waals surface area (Å²) < 4.78 is 15.6. The van der Waals surface area contributed by atoms with Gasteiger partial charge in [0.1, 0.15) is 11.4 Å². The van der Waals surface area contributed by atoms with E-state index in [1.807, 2.05) is 0 Å². The van der Waals surface area contributed by atoms with Crippen molar-refractivity contribution in [2.24, 2.45) is 0 Å². The molecule has 1 aromatic heterocycles. The van der Waals surface area contributed by atoms with Crippen molar-refractivity contribution in [1.82, 2.24) is 5.16 Å². The molecule has 0 atom stereocenters. The number of anilines is 2. The van der Waals surface area contributed by atoms with E-state index in [0.29, 0.717) is 22.8 Å². The van der Waals surface area contributed by atoms with Crippen molar-refractivity contribution in [3.05, 3.63) is 24.3 Å². The topological polar surface area (TPSA) is 99.6 Å². The van der Waals surface area contributed by atoms with E-state index in [1.165, 1.54) is 0 Å². The average Bonchev–Trinajstić information content (AvgIpc) is 2.83. The lowest BCUT2D eigenvalue weighted by Gasteiger charge is -2.20. The third-order valence-corrected chi connectivity index (χ3v) is 2.64. The Kier molecular flexibility index (Phi) is 4.25. The molecule has 0 aliphatic heterocycles. The van der Waals surface area contributed by atoms with Gasteiger partial charge in [-0.2, -0.15) is 0 Å². The Hall–Kier alpha value is -2.70. The molecular weight excluding hydrogens is 286 g/mol. The van der Waals surface area contributed by atoms with E-state index in [9.17, 15) is 4.79 Å². The Morgan fingerprint density at radius 2 is 2.05 bits per heavy atom. The average molecular weight is 305 g/mol. The van der Waals surface area contributed by atoms with Crippen molar-refractivity contribution in [3.8, 4) is 17.1 Å². The zero-order chi connectivity index (χ0) is 16.3. The molecule has 0 spiro atoms. The number of hydrogen-bond donors (Lipinski definition) is 2. The second-order valence-corrected chi connectivity index (χ2v) is 5.66. The molecule has 0 aliphatic rings. The van der Waals surface area contributed by atoms with Gasteiger partial charge in [-0.1, -0.05) is 5.16 Å². The SMILES string of the molecule is COc1ccc(NC(=O)OC(C)(C)C)cc1-c1cc(N)no1. The number of aromatic nitrogens is 1. The van der Waals surface area contributed by atoms with Crippen LogP contribution < -0.4 is 15.8 Å². The Balaban J connectivity index is 2.26. The second-order valence-electron chi connectivity index (χ2n) is 5.66. The molecule has 0 unspecified atom stereocenters. The normalized spacial score (nSPS) is 11.1. The smallest absolute Gasteiger partial charge is 0.412 e. The van der Waals surface area contributed by atoms with Crippen LogP contribution in [0, 0.1) is 0 Å². The van der Waals surface area contributed by atoms with Crippen molar-refractivity contribution in [2.45, 2.75) is 26.4 Å². The molecule has 0 saturated heterocycles. The molecule has 7 heteroatoms. The minimum atomic E-state index is -0.571. The number of benzene rings is 1. The fourth-order valence-corrected chi connectivity index (χ4v) is 1.82. The maximum absolute atomic E-state index is 11.8. The minimum absolute atomic E-state index is 0.266. The lowest BCUT2D eigenvalue weighted by Crippen LogP contribution is -2.27. The first-order valence-corrected chi connectivity index (χ1v) is 6.69. The third kappa shape index (κ3) is 3.91. The lowest BCUT2D eigenvalue weighted by atomic mass is 10.1. The van der Waals surface area contributed by atoms with Gasteiger partial charge in [-0.3, -0.25) is 5.32 Å². The molecule has 2 rings (SSSR count). The summed E-state index contributed by atoms with van der Waals surface area (Å²) in [7, 11) is 1.54. The number of nitrogens with one attached hydrogen (secondary N) is 1. The van der Waals surface area contributed by atoms with E-state index < -0.39 is 11.7 Å². The standard InChI is InChI=1S/C15H19N3O4/c1-15(2,3)21-14(19)17-9-5-6-11(20-4)10(7-9)12-8-13(16)18-22-12/h5-8H,1-4H3,(H2,16,18)(H,17,19). The fraction of sp³-hybridized carbons (Fsp3) is 0.333. The summed E-state index contributed by atoms with van der Waals surface area (Å²) in [5.41, 5.74) is 6.16. The minimum Gasteiger partial charge on any atom is -0.496 e. The van der Waals surface area contributed by atoms with E-state index in [2.05, 4.69) is 10.5 Å². The summed E-state index contributed by atoms with van der Waals surface area (Å²) in [4.78, 5) is 11.8. The largest absolute Gasteiger partial charge is 0.496 e. The summed E-state index contributed by atoms with van der Waals surface area (Å²) in [5, 5.41) is 6.30. The zero-order valence-corrected chi connectivity index (χ0v) is 13.0. The second kappa shape index (κ2) is 5.97. The summed E-state index contributed by atoms with van der Waals surface area (Å²) in [6.45, 7) is 5.38. The van der Waals surface area contributed by atoms with Gasteiger partial charge in [-0.05, 0) is 39.0 Å². The monoisotopic (exact) mass is 305 g/mol. The van der Waals surface area contributed by atoms with Crippen LogP contribution in [0.3, 0.4) is 0 Å². The van der Waals surface area contributed by atoms with Gasteiger partial charge in [0, 0.05) is 11.8 Å². The lowest BCUT2D eigenvalue weighted by molar-refractivity contribution is 0.0636. The van der Waals surface area contributed by atoms with Gasteiger partial charge in [0.2, 0.25) is 0 Å². The zero-order valence-electron chi connectivity index (χ0n) is 13.0. The summed E-state index contributed by atoms with van der Waals surface area (Å²) in [6, 6.07) is 6.69. The molecule has 0 fully saturated rings. The fourth-order valence-electron chi connectivity index (χ4n) is 1.82. The van der Waals surface area contributed by atoms with Gasteiger partial charge in [0.25, 0.3) is 0 Å². The molecule has 0 saturated carbocycles. The number of rotatable bonds is 3. The van der Waals surface area contributed by atoms with Crippen molar-refractivity contribution in [1.29, 1.82) is 0 Å². The highest BCUT2D eigenvalue weighted by Crippen LogP contribution is 2.33. The van der Waals surface area contributed by atoms with Crippen LogP contribution >= 0.6 is 0 Å². The molecule has 1 heterocycles. The highest BCUT2D eigenvalue weighted by molar-refractivity contribution is 5.86. The van der Waals surface area contributed by atoms with Gasteiger partial charge < -0.3 is 19.7 Å². The van der Waals surface area contributed by atoms with Gasteiger partial charge in [0.05, 0.1) is 12.7 Å². The molecule has 0 bridgehead atoms. The predicted octanol–water partition coefficient (Wildman–Crippen LogP) is 3.28. The van der Waals surface area contributed by atoms with Gasteiger partial charge in [-0.25, -0.2) is 4.79 Å². The maximum atomic E-state index is 11.8. The number of nitrogen functional groups attached to an aromatic ring is 1. The number of ether oxygens (including phenoxy) is 2. The van der Waals surface area contributed by atoms with Crippen LogP contribution in [0.25, 0.3) is 11.3 Å². The first-order valence-electron chi connectivity index (χ1n) is 6.69. The van der Waals surface area contributed by atoms with Gasteiger partial charge >= 0.3 is 6.09 Å². The van der Waals surface area contributed by atoms with Crippen molar-refractivity contribution < 1.29 is 18.8 Å². The first-order chi connectivity index (χ1) is 10.3. The van der Waals surface area contributed by atoms with Crippen LogP contribution in [0.2, 0.25) is 0 Å². The number of hydrogen-bond acceptors (Lipinski definition) is 6. The molecule has 118 valence electrons. The molecule has 1 aromatic carbocycles. The molecule has 2 aromatic rings. The van der Waals surface area contributed by atoms with Crippen LogP contribution in [0.5, 0.6) is 5.75 Å². The number of carbonyl (C=O) groups excluding carboxylic acids is 1. The van der Waals surface area contributed by atoms with E-state index in [1.54, 1.807) is 52.1 Å². The number of amides is 1. The maximum Gasteiger partial charge on any atom is 0.412 e. The third-order valence-electron chi connectivity index (χ3n) is 2.64. The van der Waals surface area contributed by atoms with E-state index in [-0.39, 0.29) is 5.82 Å². The van der Waals surface area contributed by atoms with Crippen LogP contribution in [0.1, 0.15) is 20.8 Å². The van der Waals surface area contributed by atoms with Crippen molar-refractivity contribution in [3.63, 3.8) is 0 Å². The highest BCUT2D eigenvalue weighted by Gasteiger charge is 2.17. The predicted molar refractivity (Wildman–Crippen MR) is 82.8 cm³/mol. The number of nitrogens with two attached hydrogens (primary N) is 1. The number of methoxy groups -OCH3 is 1. The molecule has 0 aliphatic carbocycles. The Bertz CT molecular complexity index is 674. The molecule has 22 heavy (non-hydrogen) atoms. The Morgan fingerprint density at radius 1 is 1.32 bits per heavy atom.